The average Bonchev–Trinajstić information content (AvgIpc) is 2.48. The maximum atomic E-state index is 6.08. The first kappa shape index (κ1) is 16.1. The maximum absolute atomic E-state index is 6.08. The van der Waals surface area contributed by atoms with Gasteiger partial charge in [0.2, 0.25) is 0 Å². The molecule has 0 spiro atoms. The van der Waals surface area contributed by atoms with E-state index in [1.165, 1.54) is 16.7 Å². The van der Waals surface area contributed by atoms with Crippen LogP contribution in [0, 0.1) is 13.8 Å². The Bertz CT molecular complexity index is 625. The molecule has 0 radical (unpaired) electrons. The second kappa shape index (κ2) is 7.10. The van der Waals surface area contributed by atoms with Crippen LogP contribution in [0.2, 0.25) is 0 Å². The van der Waals surface area contributed by atoms with Gasteiger partial charge in [0.25, 0.3) is 0 Å². The minimum absolute atomic E-state index is 0.246. The molecule has 2 nitrogen and oxygen atoms in total. The highest BCUT2D eigenvalue weighted by molar-refractivity contribution is 9.10. The van der Waals surface area contributed by atoms with Crippen LogP contribution in [0.4, 0.5) is 0 Å². The molecule has 21 heavy (non-hydrogen) atoms. The van der Waals surface area contributed by atoms with Gasteiger partial charge in [-0.25, -0.2) is 0 Å². The van der Waals surface area contributed by atoms with E-state index in [9.17, 15) is 0 Å². The highest BCUT2D eigenvalue weighted by Crippen LogP contribution is 2.29. The average molecular weight is 348 g/mol. The smallest absolute Gasteiger partial charge is 0.124 e. The molecule has 0 aromatic heterocycles. The fourth-order valence-corrected chi connectivity index (χ4v) is 2.63. The van der Waals surface area contributed by atoms with Gasteiger partial charge in [-0.05, 0) is 57.1 Å². The molecule has 3 heteroatoms. The predicted molar refractivity (Wildman–Crippen MR) is 91.9 cm³/mol. The first-order chi connectivity index (χ1) is 10.0. The summed E-state index contributed by atoms with van der Waals surface area (Å²) in [5.41, 5.74) is 4.93. The standard InChI is InChI=1S/C18H22BrNO/c1-12-5-6-13(2)15(9-12)11-21-18-8-7-16(19)10-17(18)14(3)20-4/h5-10,14,20H,11H2,1-4H3. The van der Waals surface area contributed by atoms with Gasteiger partial charge in [-0.2, -0.15) is 0 Å². The Kier molecular flexibility index (Phi) is 5.43. The molecule has 0 heterocycles. The summed E-state index contributed by atoms with van der Waals surface area (Å²) >= 11 is 3.53. The van der Waals surface area contributed by atoms with E-state index in [4.69, 9.17) is 4.74 Å². The topological polar surface area (TPSA) is 21.3 Å². The summed E-state index contributed by atoms with van der Waals surface area (Å²) in [6, 6.07) is 12.9. The number of rotatable bonds is 5. The molecule has 0 aliphatic heterocycles. The van der Waals surface area contributed by atoms with Crippen molar-refractivity contribution in [2.45, 2.75) is 33.4 Å². The Labute approximate surface area is 135 Å². The van der Waals surface area contributed by atoms with E-state index in [0.29, 0.717) is 6.61 Å². The third-order valence-corrected chi connectivity index (χ3v) is 4.25. The SMILES string of the molecule is CNC(C)c1cc(Br)ccc1OCc1cc(C)ccc1C. The molecule has 0 saturated heterocycles. The van der Waals surface area contributed by atoms with Gasteiger partial charge in [0, 0.05) is 16.1 Å². The van der Waals surface area contributed by atoms with Crippen LogP contribution in [0.25, 0.3) is 0 Å². The Hall–Kier alpha value is -1.32. The van der Waals surface area contributed by atoms with E-state index in [0.717, 1.165) is 15.8 Å². The third kappa shape index (κ3) is 4.08. The summed E-state index contributed by atoms with van der Waals surface area (Å²) in [5, 5.41) is 3.27. The summed E-state index contributed by atoms with van der Waals surface area (Å²) in [4.78, 5) is 0. The molecule has 2 aromatic carbocycles. The van der Waals surface area contributed by atoms with Crippen molar-refractivity contribution in [1.29, 1.82) is 0 Å². The lowest BCUT2D eigenvalue weighted by molar-refractivity contribution is 0.299. The summed E-state index contributed by atoms with van der Waals surface area (Å²) in [6.45, 7) is 6.96. The fourth-order valence-electron chi connectivity index (χ4n) is 2.26. The molecule has 1 N–H and O–H groups in total. The van der Waals surface area contributed by atoms with Crippen LogP contribution in [0.5, 0.6) is 5.75 Å². The molecule has 2 rings (SSSR count). The zero-order chi connectivity index (χ0) is 15.4. The first-order valence-corrected chi connectivity index (χ1v) is 7.96. The maximum Gasteiger partial charge on any atom is 0.124 e. The second-order valence-electron chi connectivity index (χ2n) is 5.41. The number of hydrogen-bond acceptors (Lipinski definition) is 2. The van der Waals surface area contributed by atoms with Gasteiger partial charge in [0.05, 0.1) is 0 Å². The summed E-state index contributed by atoms with van der Waals surface area (Å²) in [7, 11) is 1.96. The molecule has 0 aliphatic carbocycles. The van der Waals surface area contributed by atoms with Crippen molar-refractivity contribution in [3.05, 3.63) is 63.1 Å². The molecular weight excluding hydrogens is 326 g/mol. The quantitative estimate of drug-likeness (QED) is 0.828. The molecule has 0 saturated carbocycles. The van der Waals surface area contributed by atoms with Gasteiger partial charge in [-0.3, -0.25) is 0 Å². The van der Waals surface area contributed by atoms with E-state index in [2.05, 4.69) is 66.3 Å². The van der Waals surface area contributed by atoms with Crippen molar-refractivity contribution in [2.75, 3.05) is 7.05 Å². The van der Waals surface area contributed by atoms with Gasteiger partial charge >= 0.3 is 0 Å². The van der Waals surface area contributed by atoms with E-state index in [1.54, 1.807) is 0 Å². The van der Waals surface area contributed by atoms with E-state index >= 15 is 0 Å². The van der Waals surface area contributed by atoms with Gasteiger partial charge in [0.1, 0.15) is 12.4 Å². The zero-order valence-electron chi connectivity index (χ0n) is 13.0. The number of nitrogens with one attached hydrogen (secondary N) is 1. The van der Waals surface area contributed by atoms with Crippen LogP contribution in [-0.2, 0) is 6.61 Å². The van der Waals surface area contributed by atoms with Crippen molar-refractivity contribution >= 4 is 15.9 Å². The van der Waals surface area contributed by atoms with Crippen LogP contribution in [-0.4, -0.2) is 7.05 Å². The lowest BCUT2D eigenvalue weighted by Crippen LogP contribution is -2.14. The van der Waals surface area contributed by atoms with Crippen LogP contribution in [0.3, 0.4) is 0 Å². The van der Waals surface area contributed by atoms with Crippen molar-refractivity contribution in [3.63, 3.8) is 0 Å². The van der Waals surface area contributed by atoms with Crippen LogP contribution < -0.4 is 10.1 Å². The number of benzene rings is 2. The second-order valence-corrected chi connectivity index (χ2v) is 6.33. The van der Waals surface area contributed by atoms with Gasteiger partial charge in [-0.1, -0.05) is 39.7 Å². The summed E-state index contributed by atoms with van der Waals surface area (Å²) < 4.78 is 7.14. The van der Waals surface area contributed by atoms with Crippen molar-refractivity contribution in [3.8, 4) is 5.75 Å². The Morgan fingerprint density at radius 3 is 2.62 bits per heavy atom. The van der Waals surface area contributed by atoms with Crippen molar-refractivity contribution in [2.24, 2.45) is 0 Å². The van der Waals surface area contributed by atoms with Gasteiger partial charge < -0.3 is 10.1 Å². The monoisotopic (exact) mass is 347 g/mol. The van der Waals surface area contributed by atoms with Crippen molar-refractivity contribution in [1.82, 2.24) is 5.32 Å². The highest BCUT2D eigenvalue weighted by Gasteiger charge is 2.11. The predicted octanol–water partition coefficient (Wildman–Crippen LogP) is 4.93. The van der Waals surface area contributed by atoms with E-state index in [1.807, 2.05) is 19.2 Å². The minimum atomic E-state index is 0.246. The van der Waals surface area contributed by atoms with Gasteiger partial charge in [-0.15, -0.1) is 0 Å². The molecule has 0 fully saturated rings. The number of halogens is 1. The number of ether oxygens (including phenoxy) is 1. The third-order valence-electron chi connectivity index (χ3n) is 3.76. The van der Waals surface area contributed by atoms with E-state index in [-0.39, 0.29) is 6.04 Å². The number of aryl methyl sites for hydroxylation is 2. The summed E-state index contributed by atoms with van der Waals surface area (Å²) in [5.74, 6) is 0.931. The molecule has 112 valence electrons. The van der Waals surface area contributed by atoms with Crippen molar-refractivity contribution < 1.29 is 4.74 Å². The van der Waals surface area contributed by atoms with Crippen LogP contribution in [0.15, 0.2) is 40.9 Å². The lowest BCUT2D eigenvalue weighted by atomic mass is 10.1. The van der Waals surface area contributed by atoms with E-state index < -0.39 is 0 Å². The minimum Gasteiger partial charge on any atom is -0.489 e. The number of hydrogen-bond donors (Lipinski definition) is 1. The van der Waals surface area contributed by atoms with Gasteiger partial charge in [0.15, 0.2) is 0 Å². The molecular formula is C18H22BrNO. The Balaban J connectivity index is 2.21. The molecule has 1 atom stereocenters. The molecule has 0 bridgehead atoms. The lowest BCUT2D eigenvalue weighted by Gasteiger charge is -2.17. The Morgan fingerprint density at radius 1 is 1.14 bits per heavy atom. The fraction of sp³-hybridized carbons (Fsp3) is 0.333. The normalized spacial score (nSPS) is 12.2. The largest absolute Gasteiger partial charge is 0.489 e. The summed E-state index contributed by atoms with van der Waals surface area (Å²) in [6.07, 6.45) is 0. The molecule has 0 aliphatic rings. The molecule has 2 aromatic rings. The zero-order valence-corrected chi connectivity index (χ0v) is 14.6. The Morgan fingerprint density at radius 2 is 1.90 bits per heavy atom. The highest BCUT2D eigenvalue weighted by atomic mass is 79.9. The molecule has 1 unspecified atom stereocenters. The van der Waals surface area contributed by atoms with Crippen LogP contribution >= 0.6 is 15.9 Å². The first-order valence-electron chi connectivity index (χ1n) is 7.17. The molecule has 0 amide bonds. The van der Waals surface area contributed by atoms with Crippen LogP contribution in [0.1, 0.15) is 35.2 Å².